The Labute approximate surface area is 214 Å². The highest BCUT2D eigenvalue weighted by atomic mass is 16.6. The van der Waals surface area contributed by atoms with E-state index in [1.54, 1.807) is 5.57 Å². The topological polar surface area (TPSA) is 49.8 Å². The molecule has 1 spiro atoms. The van der Waals surface area contributed by atoms with Gasteiger partial charge in [-0.15, -0.1) is 0 Å². The van der Waals surface area contributed by atoms with Gasteiger partial charge in [-0.05, 0) is 78.5 Å². The summed E-state index contributed by atoms with van der Waals surface area (Å²) in [7, 11) is 0. The summed E-state index contributed by atoms with van der Waals surface area (Å²) in [6.45, 7) is 6.13. The van der Waals surface area contributed by atoms with E-state index in [4.69, 9.17) is 4.74 Å². The van der Waals surface area contributed by atoms with E-state index in [0.717, 1.165) is 44.9 Å². The SMILES string of the molecule is CC12CCC(O)CC1=CC=C1C2CCC2(C)C1CCC21CN(Cc2cccc3ccccc23)C(=O)O1. The lowest BCUT2D eigenvalue weighted by Crippen LogP contribution is -2.53. The molecule has 4 heteroatoms. The number of carbonyl (C=O) groups is 1. The van der Waals surface area contributed by atoms with Crippen LogP contribution in [0, 0.1) is 22.7 Å². The van der Waals surface area contributed by atoms with Crippen molar-refractivity contribution in [3.8, 4) is 0 Å². The van der Waals surface area contributed by atoms with Crippen LogP contribution in [0.15, 0.2) is 65.8 Å². The van der Waals surface area contributed by atoms with Crippen molar-refractivity contribution in [2.45, 2.75) is 77.0 Å². The van der Waals surface area contributed by atoms with Crippen LogP contribution in [0.5, 0.6) is 0 Å². The van der Waals surface area contributed by atoms with Crippen molar-refractivity contribution in [1.29, 1.82) is 0 Å². The van der Waals surface area contributed by atoms with Crippen molar-refractivity contribution in [2.75, 3.05) is 6.54 Å². The Balaban J connectivity index is 1.18. The first-order valence-electron chi connectivity index (χ1n) is 13.9. The van der Waals surface area contributed by atoms with Crippen LogP contribution in [0.3, 0.4) is 0 Å². The number of allylic oxidation sites excluding steroid dienone is 3. The van der Waals surface area contributed by atoms with Gasteiger partial charge >= 0.3 is 6.09 Å². The number of hydrogen-bond acceptors (Lipinski definition) is 3. The van der Waals surface area contributed by atoms with Crippen molar-refractivity contribution in [3.63, 3.8) is 0 Å². The van der Waals surface area contributed by atoms with E-state index in [1.807, 2.05) is 4.90 Å². The third-order valence-corrected chi connectivity index (χ3v) is 11.1. The van der Waals surface area contributed by atoms with E-state index in [0.29, 0.717) is 24.9 Å². The highest BCUT2D eigenvalue weighted by molar-refractivity contribution is 5.86. The first-order chi connectivity index (χ1) is 17.3. The highest BCUT2D eigenvalue weighted by Gasteiger charge is 2.67. The minimum atomic E-state index is -0.404. The molecular weight excluding hydrogens is 446 g/mol. The normalized spacial score (nSPS) is 39.4. The maximum atomic E-state index is 13.3. The zero-order valence-corrected chi connectivity index (χ0v) is 21.5. The first kappa shape index (κ1) is 22.6. The average Bonchev–Trinajstić information content (AvgIpc) is 3.35. The fraction of sp³-hybridized carbons (Fsp3) is 0.531. The molecule has 4 aliphatic carbocycles. The Kier molecular flexibility index (Phi) is 4.84. The molecule has 0 aromatic heterocycles. The highest BCUT2D eigenvalue weighted by Crippen LogP contribution is 2.67. The number of aliphatic hydroxyl groups excluding tert-OH is 1. The minimum Gasteiger partial charge on any atom is -0.440 e. The number of nitrogens with zero attached hydrogens (tertiary/aromatic N) is 1. The molecule has 2 aromatic rings. The molecule has 4 fully saturated rings. The van der Waals surface area contributed by atoms with Crippen molar-refractivity contribution in [3.05, 3.63) is 71.3 Å². The summed E-state index contributed by atoms with van der Waals surface area (Å²) in [6.07, 6.45) is 11.5. The number of ether oxygens (including phenoxy) is 1. The quantitative estimate of drug-likeness (QED) is 0.512. The Morgan fingerprint density at radius 3 is 2.67 bits per heavy atom. The summed E-state index contributed by atoms with van der Waals surface area (Å²) >= 11 is 0. The third-order valence-electron chi connectivity index (χ3n) is 11.1. The molecule has 1 aliphatic heterocycles. The number of benzene rings is 2. The average molecular weight is 484 g/mol. The van der Waals surface area contributed by atoms with Crippen LogP contribution < -0.4 is 0 Å². The van der Waals surface area contributed by atoms with Crippen molar-refractivity contribution >= 4 is 16.9 Å². The molecular formula is C32H37NO3. The predicted octanol–water partition coefficient (Wildman–Crippen LogP) is 6.77. The maximum Gasteiger partial charge on any atom is 0.410 e. The third kappa shape index (κ3) is 3.00. The Morgan fingerprint density at radius 2 is 1.78 bits per heavy atom. The Hall–Kier alpha value is -2.59. The van der Waals surface area contributed by atoms with Crippen LogP contribution in [0.2, 0.25) is 0 Å². The van der Waals surface area contributed by atoms with Crippen LogP contribution in [0.1, 0.15) is 64.4 Å². The molecule has 3 saturated carbocycles. The number of aliphatic hydroxyl groups is 1. The van der Waals surface area contributed by atoms with Gasteiger partial charge in [-0.1, -0.05) is 79.6 Å². The summed E-state index contributed by atoms with van der Waals surface area (Å²) < 4.78 is 6.42. The Bertz CT molecular complexity index is 1310. The fourth-order valence-corrected chi connectivity index (χ4v) is 8.90. The molecule has 6 atom stereocenters. The van der Waals surface area contributed by atoms with Gasteiger partial charge < -0.3 is 9.84 Å². The lowest BCUT2D eigenvalue weighted by molar-refractivity contribution is -0.0627. The van der Waals surface area contributed by atoms with Crippen LogP contribution in [0.4, 0.5) is 4.79 Å². The molecule has 1 N–H and O–H groups in total. The van der Waals surface area contributed by atoms with Gasteiger partial charge in [0, 0.05) is 12.0 Å². The lowest BCUT2D eigenvalue weighted by atomic mass is 9.50. The molecule has 7 rings (SSSR count). The lowest BCUT2D eigenvalue weighted by Gasteiger charge is -2.55. The van der Waals surface area contributed by atoms with Crippen LogP contribution in [0.25, 0.3) is 10.8 Å². The molecule has 1 saturated heterocycles. The molecule has 1 amide bonds. The molecule has 2 aromatic carbocycles. The smallest absolute Gasteiger partial charge is 0.410 e. The van der Waals surface area contributed by atoms with Crippen molar-refractivity contribution in [2.24, 2.45) is 22.7 Å². The fourth-order valence-electron chi connectivity index (χ4n) is 8.90. The van der Waals surface area contributed by atoms with Gasteiger partial charge in [0.25, 0.3) is 0 Å². The molecule has 0 bridgehead atoms. The maximum absolute atomic E-state index is 13.3. The van der Waals surface area contributed by atoms with Crippen molar-refractivity contribution < 1.29 is 14.6 Å². The van der Waals surface area contributed by atoms with E-state index in [-0.39, 0.29) is 23.0 Å². The number of amides is 1. The summed E-state index contributed by atoms with van der Waals surface area (Å²) in [5.74, 6) is 1.02. The van der Waals surface area contributed by atoms with E-state index in [9.17, 15) is 9.90 Å². The number of fused-ring (bicyclic) bond motifs is 7. The van der Waals surface area contributed by atoms with E-state index >= 15 is 0 Å². The van der Waals surface area contributed by atoms with Gasteiger partial charge in [0.1, 0.15) is 5.60 Å². The molecule has 4 nitrogen and oxygen atoms in total. The van der Waals surface area contributed by atoms with Gasteiger partial charge in [-0.2, -0.15) is 0 Å². The molecule has 6 unspecified atom stereocenters. The zero-order valence-electron chi connectivity index (χ0n) is 21.5. The molecule has 188 valence electrons. The van der Waals surface area contributed by atoms with Crippen LogP contribution in [-0.4, -0.2) is 34.3 Å². The summed E-state index contributed by atoms with van der Waals surface area (Å²) in [4.78, 5) is 15.3. The van der Waals surface area contributed by atoms with Gasteiger partial charge in [0.15, 0.2) is 0 Å². The van der Waals surface area contributed by atoms with E-state index in [2.05, 4.69) is 68.5 Å². The second kappa shape index (κ2) is 7.71. The largest absolute Gasteiger partial charge is 0.440 e. The molecule has 0 radical (unpaired) electrons. The number of rotatable bonds is 2. The second-order valence-electron chi connectivity index (χ2n) is 12.6. The summed E-state index contributed by atoms with van der Waals surface area (Å²) in [5, 5.41) is 12.7. The number of hydrogen-bond donors (Lipinski definition) is 1. The number of carbonyl (C=O) groups excluding carboxylic acids is 1. The van der Waals surface area contributed by atoms with Gasteiger partial charge in [0.2, 0.25) is 0 Å². The van der Waals surface area contributed by atoms with Gasteiger partial charge in [-0.25, -0.2) is 4.79 Å². The standard InChI is InChI=1S/C32H37NO3/c1-30-15-12-24(34)18-23(30)10-11-26-27(30)13-16-31(2)28(26)14-17-32(31)20-33(29(35)36-32)19-22-8-5-7-21-6-3-4-9-25(21)22/h3-11,24,27-28,34H,12-20H2,1-2H3. The zero-order chi connectivity index (χ0) is 24.7. The van der Waals surface area contributed by atoms with E-state index < -0.39 is 5.60 Å². The van der Waals surface area contributed by atoms with Crippen LogP contribution >= 0.6 is 0 Å². The van der Waals surface area contributed by atoms with Crippen molar-refractivity contribution in [1.82, 2.24) is 4.90 Å². The molecule has 1 heterocycles. The minimum absolute atomic E-state index is 0.0334. The summed E-state index contributed by atoms with van der Waals surface area (Å²) in [5.41, 5.74) is 3.96. The van der Waals surface area contributed by atoms with Gasteiger partial charge in [0.05, 0.1) is 12.6 Å². The van der Waals surface area contributed by atoms with Gasteiger partial charge in [-0.3, -0.25) is 4.90 Å². The van der Waals surface area contributed by atoms with E-state index in [1.165, 1.54) is 21.9 Å². The van der Waals surface area contributed by atoms with Crippen LogP contribution in [-0.2, 0) is 11.3 Å². The monoisotopic (exact) mass is 483 g/mol. The Morgan fingerprint density at radius 1 is 0.972 bits per heavy atom. The predicted molar refractivity (Wildman–Crippen MR) is 141 cm³/mol. The summed E-state index contributed by atoms with van der Waals surface area (Å²) in [6, 6.07) is 14.8. The second-order valence-corrected chi connectivity index (χ2v) is 12.6. The molecule has 36 heavy (non-hydrogen) atoms. The molecule has 5 aliphatic rings. The first-order valence-corrected chi connectivity index (χ1v) is 13.9.